The lowest BCUT2D eigenvalue weighted by atomic mass is 9.94. The second-order valence-electron chi connectivity index (χ2n) is 3.60. The summed E-state index contributed by atoms with van der Waals surface area (Å²) in [5.41, 5.74) is -0.896. The van der Waals surface area contributed by atoms with E-state index in [2.05, 4.69) is 0 Å². The van der Waals surface area contributed by atoms with Crippen LogP contribution < -0.4 is 0 Å². The fourth-order valence-electron chi connectivity index (χ4n) is 0. The van der Waals surface area contributed by atoms with Crippen LogP contribution in [-0.2, 0) is 0 Å². The summed E-state index contributed by atoms with van der Waals surface area (Å²) in [5.74, 6) is -2.56. The third-order valence-corrected chi connectivity index (χ3v) is 1.01. The van der Waals surface area contributed by atoms with E-state index >= 15 is 0 Å². The number of nitrogens with zero attached hydrogens (tertiary/aromatic N) is 3. The van der Waals surface area contributed by atoms with Crippen LogP contribution in [0.15, 0.2) is 0 Å². The van der Waals surface area contributed by atoms with Crippen LogP contribution in [0.1, 0.15) is 20.8 Å². The zero-order valence-electron chi connectivity index (χ0n) is 10.5. The van der Waals surface area contributed by atoms with E-state index in [1.165, 1.54) is 20.8 Å². The SMILES string of the molecule is CC(C)(C)C(O)(O)O.O=[N+]([O-])O.O=[N+]([O-])O.O=[N+]([O-])O. The Morgan fingerprint density at radius 2 is 0.750 bits per heavy atom. The topological polar surface area (TPSA) is 251 Å². The average molecular weight is 309 g/mol. The van der Waals surface area contributed by atoms with E-state index in [0.29, 0.717) is 0 Å². The molecule has 15 heteroatoms. The molecule has 0 aromatic carbocycles. The molecule has 0 bridgehead atoms. The van der Waals surface area contributed by atoms with E-state index in [0.717, 1.165) is 0 Å². The van der Waals surface area contributed by atoms with Gasteiger partial charge in [0.25, 0.3) is 21.2 Å². The summed E-state index contributed by atoms with van der Waals surface area (Å²) in [6.45, 7) is 4.56. The monoisotopic (exact) mass is 309 g/mol. The summed E-state index contributed by atoms with van der Waals surface area (Å²) >= 11 is 0. The molecule has 0 heterocycles. The van der Waals surface area contributed by atoms with E-state index in [4.69, 9.17) is 61.3 Å². The Labute approximate surface area is 110 Å². The van der Waals surface area contributed by atoms with E-state index < -0.39 is 26.6 Å². The highest BCUT2D eigenvalue weighted by atomic mass is 16.9. The molecule has 0 spiro atoms. The van der Waals surface area contributed by atoms with Crippen LogP contribution in [0.5, 0.6) is 0 Å². The first-order valence-corrected chi connectivity index (χ1v) is 4.12. The first-order valence-electron chi connectivity index (χ1n) is 4.12. The molecule has 0 fully saturated rings. The van der Waals surface area contributed by atoms with Crippen LogP contribution in [-0.4, -0.2) is 52.2 Å². The van der Waals surface area contributed by atoms with Gasteiger partial charge < -0.3 is 30.9 Å². The lowest BCUT2D eigenvalue weighted by molar-refractivity contribution is -0.742. The van der Waals surface area contributed by atoms with Crippen LogP contribution in [0.25, 0.3) is 0 Å². The molecule has 0 aliphatic rings. The van der Waals surface area contributed by atoms with E-state index in [9.17, 15) is 0 Å². The molecular weight excluding hydrogens is 294 g/mol. The number of rotatable bonds is 0. The van der Waals surface area contributed by atoms with Crippen molar-refractivity contribution in [2.75, 3.05) is 0 Å². The van der Waals surface area contributed by atoms with Crippen molar-refractivity contribution in [2.24, 2.45) is 5.41 Å². The van der Waals surface area contributed by atoms with E-state index in [1.54, 1.807) is 0 Å². The Hall–Kier alpha value is -2.52. The molecular formula is C5H15N3O12. The van der Waals surface area contributed by atoms with Gasteiger partial charge in [-0.25, -0.2) is 0 Å². The Balaban J connectivity index is -0.0000000917. The van der Waals surface area contributed by atoms with Crippen LogP contribution in [0, 0.1) is 35.8 Å². The third kappa shape index (κ3) is 77.3. The highest BCUT2D eigenvalue weighted by Gasteiger charge is 2.35. The van der Waals surface area contributed by atoms with Crippen molar-refractivity contribution in [3.05, 3.63) is 30.3 Å². The quantitative estimate of drug-likeness (QED) is 0.172. The second-order valence-corrected chi connectivity index (χ2v) is 3.60. The minimum absolute atomic E-state index is 0.896. The third-order valence-electron chi connectivity index (χ3n) is 1.01. The molecule has 0 atom stereocenters. The zero-order valence-corrected chi connectivity index (χ0v) is 10.5. The zero-order chi connectivity index (χ0) is 17.7. The van der Waals surface area contributed by atoms with Gasteiger partial charge in [0.1, 0.15) is 0 Å². The van der Waals surface area contributed by atoms with Crippen molar-refractivity contribution >= 4 is 0 Å². The predicted octanol–water partition coefficient (Wildman–Crippen LogP) is -1.38. The minimum Gasteiger partial charge on any atom is -0.343 e. The van der Waals surface area contributed by atoms with Gasteiger partial charge in [-0.3, -0.25) is 0 Å². The molecule has 0 radical (unpaired) electrons. The fourth-order valence-corrected chi connectivity index (χ4v) is 0. The van der Waals surface area contributed by atoms with Crippen molar-refractivity contribution in [1.29, 1.82) is 0 Å². The normalized spacial score (nSPS) is 9.30. The van der Waals surface area contributed by atoms with Crippen LogP contribution in [0.4, 0.5) is 0 Å². The van der Waals surface area contributed by atoms with Crippen LogP contribution in [0.2, 0.25) is 0 Å². The van der Waals surface area contributed by atoms with Gasteiger partial charge in [0.15, 0.2) is 0 Å². The molecule has 0 rings (SSSR count). The molecule has 20 heavy (non-hydrogen) atoms. The highest BCUT2D eigenvalue weighted by molar-refractivity contribution is 4.68. The molecule has 0 unspecified atom stereocenters. The molecule has 0 amide bonds. The Kier molecular flexibility index (Phi) is 15.1. The maximum absolute atomic E-state index is 8.47. The van der Waals surface area contributed by atoms with E-state index in [1.807, 2.05) is 0 Å². The molecule has 15 nitrogen and oxygen atoms in total. The minimum atomic E-state index is -2.56. The molecule has 6 N–H and O–H groups in total. The molecule has 0 aromatic rings. The van der Waals surface area contributed by atoms with Gasteiger partial charge in [0.2, 0.25) is 0 Å². The maximum Gasteiger partial charge on any atom is 0.291 e. The van der Waals surface area contributed by atoms with E-state index in [-0.39, 0.29) is 0 Å². The Bertz CT molecular complexity index is 238. The van der Waals surface area contributed by atoms with Gasteiger partial charge in [-0.1, -0.05) is 20.8 Å². The first kappa shape index (κ1) is 26.1. The van der Waals surface area contributed by atoms with Gasteiger partial charge in [0.05, 0.1) is 0 Å². The number of hydrogen-bond donors (Lipinski definition) is 6. The first-order chi connectivity index (χ1) is 8.45. The summed E-state index contributed by atoms with van der Waals surface area (Å²) in [7, 11) is 0. The smallest absolute Gasteiger partial charge is 0.291 e. The van der Waals surface area contributed by atoms with Gasteiger partial charge >= 0.3 is 0 Å². The fraction of sp³-hybridized carbons (Fsp3) is 1.00. The van der Waals surface area contributed by atoms with Crippen molar-refractivity contribution in [1.82, 2.24) is 0 Å². The van der Waals surface area contributed by atoms with Crippen molar-refractivity contribution in [3.8, 4) is 0 Å². The molecule has 0 saturated carbocycles. The lowest BCUT2D eigenvalue weighted by Gasteiger charge is -2.28. The molecule has 0 aromatic heterocycles. The largest absolute Gasteiger partial charge is 0.343 e. The molecule has 0 aliphatic heterocycles. The average Bonchev–Trinajstić information content (AvgIpc) is 1.94. The lowest BCUT2D eigenvalue weighted by Crippen LogP contribution is -2.42. The van der Waals surface area contributed by atoms with Crippen LogP contribution >= 0.6 is 0 Å². The van der Waals surface area contributed by atoms with Crippen molar-refractivity contribution < 1.29 is 46.2 Å². The van der Waals surface area contributed by atoms with Crippen molar-refractivity contribution in [2.45, 2.75) is 26.7 Å². The van der Waals surface area contributed by atoms with Gasteiger partial charge in [0, 0.05) is 5.41 Å². The second kappa shape index (κ2) is 11.6. The van der Waals surface area contributed by atoms with Gasteiger partial charge in [-0.2, -0.15) is 0 Å². The van der Waals surface area contributed by atoms with Gasteiger partial charge in [-0.15, -0.1) is 30.3 Å². The van der Waals surface area contributed by atoms with Gasteiger partial charge in [-0.05, 0) is 0 Å². The number of hydrogen-bond acceptors (Lipinski definition) is 9. The summed E-state index contributed by atoms with van der Waals surface area (Å²) < 4.78 is 0. The molecule has 0 saturated heterocycles. The highest BCUT2D eigenvalue weighted by Crippen LogP contribution is 2.24. The summed E-state index contributed by atoms with van der Waals surface area (Å²) in [4.78, 5) is 25.1. The Morgan fingerprint density at radius 1 is 0.700 bits per heavy atom. The maximum atomic E-state index is 8.47. The van der Waals surface area contributed by atoms with Crippen molar-refractivity contribution in [3.63, 3.8) is 0 Å². The summed E-state index contributed by atoms with van der Waals surface area (Å²) in [6, 6.07) is 0. The molecule has 0 aliphatic carbocycles. The standard InChI is InChI=1S/C5H12O3.3HNO3/c1-4(2,3)5(6,7)8;3*2-1(3)4/h6-8H,1-3H3;3*(H,2,3,4). The predicted molar refractivity (Wildman–Crippen MR) is 55.2 cm³/mol. The summed E-state index contributed by atoms with van der Waals surface area (Å²) in [5, 5.41) is 66.3. The molecule has 122 valence electrons. The Morgan fingerprint density at radius 3 is 0.750 bits per heavy atom. The summed E-state index contributed by atoms with van der Waals surface area (Å²) in [6.07, 6.45) is 0. The van der Waals surface area contributed by atoms with Crippen LogP contribution in [0.3, 0.4) is 0 Å². The number of aliphatic hydroxyl groups is 3.